The summed E-state index contributed by atoms with van der Waals surface area (Å²) in [7, 11) is 0. The van der Waals surface area contributed by atoms with Gasteiger partial charge in [0.1, 0.15) is 5.82 Å². The molecule has 0 radical (unpaired) electrons. The average Bonchev–Trinajstić information content (AvgIpc) is 2.80. The third-order valence-corrected chi connectivity index (χ3v) is 3.53. The molecular formula is C14H14Cl2FNO. The first-order chi connectivity index (χ1) is 9.13. The molecule has 1 unspecified atom stereocenters. The number of nitrogens with one attached hydrogen (secondary N) is 1. The van der Waals surface area contributed by atoms with Crippen LogP contribution in [0.25, 0.3) is 0 Å². The minimum absolute atomic E-state index is 0.107. The lowest BCUT2D eigenvalue weighted by molar-refractivity contribution is 0.513. The SMILES string of the molecule is CCNC(Cc1cccc(Cl)c1F)c1ccoc1Cl. The van der Waals surface area contributed by atoms with Crippen LogP contribution in [0.1, 0.15) is 24.1 Å². The summed E-state index contributed by atoms with van der Waals surface area (Å²) >= 11 is 11.8. The van der Waals surface area contributed by atoms with E-state index in [4.69, 9.17) is 27.6 Å². The Labute approximate surface area is 121 Å². The number of hydrogen-bond donors (Lipinski definition) is 1. The standard InChI is InChI=1S/C14H14Cl2FNO/c1-2-18-12(10-6-7-19-14(10)16)8-9-4-3-5-11(15)13(9)17/h3-7,12,18H,2,8H2,1H3. The molecule has 2 nitrogen and oxygen atoms in total. The van der Waals surface area contributed by atoms with Crippen LogP contribution in [0.4, 0.5) is 4.39 Å². The average molecular weight is 302 g/mol. The van der Waals surface area contributed by atoms with Crippen molar-refractivity contribution in [3.05, 3.63) is 57.7 Å². The van der Waals surface area contributed by atoms with E-state index < -0.39 is 0 Å². The maximum Gasteiger partial charge on any atom is 0.197 e. The highest BCUT2D eigenvalue weighted by Crippen LogP contribution is 2.28. The first-order valence-electron chi connectivity index (χ1n) is 6.02. The molecule has 1 heterocycles. The Hall–Kier alpha value is -1.03. The topological polar surface area (TPSA) is 25.2 Å². The van der Waals surface area contributed by atoms with Crippen molar-refractivity contribution in [3.63, 3.8) is 0 Å². The van der Waals surface area contributed by atoms with E-state index in [2.05, 4.69) is 5.32 Å². The van der Waals surface area contributed by atoms with Gasteiger partial charge in [-0.3, -0.25) is 0 Å². The van der Waals surface area contributed by atoms with Crippen LogP contribution in [0.3, 0.4) is 0 Å². The fourth-order valence-corrected chi connectivity index (χ4v) is 2.46. The zero-order valence-electron chi connectivity index (χ0n) is 10.4. The van der Waals surface area contributed by atoms with Crippen molar-refractivity contribution in [2.45, 2.75) is 19.4 Å². The van der Waals surface area contributed by atoms with Gasteiger partial charge in [0.05, 0.1) is 11.3 Å². The molecule has 0 spiro atoms. The fraction of sp³-hybridized carbons (Fsp3) is 0.286. The van der Waals surface area contributed by atoms with Crippen LogP contribution >= 0.6 is 23.2 Å². The van der Waals surface area contributed by atoms with E-state index in [1.54, 1.807) is 18.2 Å². The zero-order valence-corrected chi connectivity index (χ0v) is 11.9. The summed E-state index contributed by atoms with van der Waals surface area (Å²) < 4.78 is 19.0. The number of halogens is 3. The highest BCUT2D eigenvalue weighted by Gasteiger charge is 2.19. The van der Waals surface area contributed by atoms with Gasteiger partial charge in [0.15, 0.2) is 5.22 Å². The predicted molar refractivity (Wildman–Crippen MR) is 75.2 cm³/mol. The quantitative estimate of drug-likeness (QED) is 0.872. The number of furan rings is 1. The van der Waals surface area contributed by atoms with Crippen LogP contribution in [-0.4, -0.2) is 6.54 Å². The van der Waals surface area contributed by atoms with Crippen molar-refractivity contribution in [3.8, 4) is 0 Å². The molecular weight excluding hydrogens is 288 g/mol. The minimum atomic E-state index is -0.383. The predicted octanol–water partition coefficient (Wildman–Crippen LogP) is 4.62. The molecule has 0 aliphatic rings. The van der Waals surface area contributed by atoms with E-state index in [9.17, 15) is 4.39 Å². The van der Waals surface area contributed by atoms with Gasteiger partial charge in [-0.2, -0.15) is 0 Å². The van der Waals surface area contributed by atoms with Gasteiger partial charge in [-0.25, -0.2) is 4.39 Å². The highest BCUT2D eigenvalue weighted by molar-refractivity contribution is 6.30. The molecule has 0 saturated heterocycles. The molecule has 0 fully saturated rings. The number of rotatable bonds is 5. The molecule has 0 aliphatic carbocycles. The Balaban J connectivity index is 2.27. The number of likely N-dealkylation sites (N-methyl/N-ethyl adjacent to an activating group) is 1. The van der Waals surface area contributed by atoms with Gasteiger partial charge in [0.2, 0.25) is 0 Å². The molecule has 1 aromatic heterocycles. The molecule has 0 aliphatic heterocycles. The second kappa shape index (κ2) is 6.42. The van der Waals surface area contributed by atoms with Gasteiger partial charge >= 0.3 is 0 Å². The first-order valence-corrected chi connectivity index (χ1v) is 6.78. The van der Waals surface area contributed by atoms with Gasteiger partial charge in [-0.15, -0.1) is 0 Å². The summed E-state index contributed by atoms with van der Waals surface area (Å²) in [5, 5.41) is 3.72. The Morgan fingerprint density at radius 2 is 2.11 bits per heavy atom. The van der Waals surface area contributed by atoms with Crippen LogP contribution in [0, 0.1) is 5.82 Å². The van der Waals surface area contributed by atoms with Crippen LogP contribution in [0.5, 0.6) is 0 Å². The summed E-state index contributed by atoms with van der Waals surface area (Å²) in [6.07, 6.45) is 1.98. The Bertz CT molecular complexity index is 556. The van der Waals surface area contributed by atoms with Crippen LogP contribution in [0.15, 0.2) is 34.9 Å². The number of benzene rings is 1. The summed E-state index contributed by atoms with van der Waals surface area (Å²) in [5.74, 6) is -0.383. The fourth-order valence-electron chi connectivity index (χ4n) is 2.02. The monoisotopic (exact) mass is 301 g/mol. The minimum Gasteiger partial charge on any atom is -0.453 e. The van der Waals surface area contributed by atoms with E-state index in [0.717, 1.165) is 12.1 Å². The lowest BCUT2D eigenvalue weighted by atomic mass is 10.0. The van der Waals surface area contributed by atoms with Gasteiger partial charge in [-0.05, 0) is 42.3 Å². The summed E-state index contributed by atoms with van der Waals surface area (Å²) in [6, 6.07) is 6.68. The molecule has 2 rings (SSSR count). The second-order valence-corrected chi connectivity index (χ2v) is 4.93. The van der Waals surface area contributed by atoms with Crippen LogP contribution in [-0.2, 0) is 6.42 Å². The van der Waals surface area contributed by atoms with Gasteiger partial charge in [0, 0.05) is 11.6 Å². The highest BCUT2D eigenvalue weighted by atomic mass is 35.5. The van der Waals surface area contributed by atoms with E-state index >= 15 is 0 Å². The maximum atomic E-state index is 13.9. The summed E-state index contributed by atoms with van der Waals surface area (Å²) in [4.78, 5) is 0. The second-order valence-electron chi connectivity index (χ2n) is 4.18. The Morgan fingerprint density at radius 3 is 2.74 bits per heavy atom. The molecule has 0 amide bonds. The molecule has 1 N–H and O–H groups in total. The first kappa shape index (κ1) is 14.4. The molecule has 0 saturated carbocycles. The Morgan fingerprint density at radius 1 is 1.32 bits per heavy atom. The van der Waals surface area contributed by atoms with E-state index in [1.807, 2.05) is 6.92 Å². The van der Waals surface area contributed by atoms with E-state index in [1.165, 1.54) is 12.3 Å². The van der Waals surface area contributed by atoms with Crippen molar-refractivity contribution in [2.24, 2.45) is 0 Å². The molecule has 102 valence electrons. The van der Waals surface area contributed by atoms with Gasteiger partial charge in [0.25, 0.3) is 0 Å². The smallest absolute Gasteiger partial charge is 0.197 e. The van der Waals surface area contributed by atoms with Gasteiger partial charge < -0.3 is 9.73 Å². The van der Waals surface area contributed by atoms with Gasteiger partial charge in [-0.1, -0.05) is 30.7 Å². The van der Waals surface area contributed by atoms with Crippen molar-refractivity contribution < 1.29 is 8.81 Å². The molecule has 19 heavy (non-hydrogen) atoms. The molecule has 2 aromatic rings. The van der Waals surface area contributed by atoms with Crippen molar-refractivity contribution >= 4 is 23.2 Å². The summed E-state index contributed by atoms with van der Waals surface area (Å²) in [5.41, 5.74) is 1.37. The maximum absolute atomic E-state index is 13.9. The number of hydrogen-bond acceptors (Lipinski definition) is 2. The Kier molecular flexibility index (Phi) is 4.86. The summed E-state index contributed by atoms with van der Waals surface area (Å²) in [6.45, 7) is 2.73. The van der Waals surface area contributed by atoms with Crippen molar-refractivity contribution in [2.75, 3.05) is 6.54 Å². The van der Waals surface area contributed by atoms with Crippen LogP contribution < -0.4 is 5.32 Å². The van der Waals surface area contributed by atoms with Crippen molar-refractivity contribution in [1.29, 1.82) is 0 Å². The van der Waals surface area contributed by atoms with E-state index in [-0.39, 0.29) is 16.9 Å². The third-order valence-electron chi connectivity index (χ3n) is 2.93. The molecule has 0 bridgehead atoms. The molecule has 1 aromatic carbocycles. The van der Waals surface area contributed by atoms with E-state index in [0.29, 0.717) is 17.2 Å². The van der Waals surface area contributed by atoms with Crippen molar-refractivity contribution in [1.82, 2.24) is 5.32 Å². The lowest BCUT2D eigenvalue weighted by Gasteiger charge is -2.17. The molecule has 1 atom stereocenters. The third kappa shape index (κ3) is 3.30. The zero-order chi connectivity index (χ0) is 13.8. The van der Waals surface area contributed by atoms with Crippen LogP contribution in [0.2, 0.25) is 10.2 Å². The normalized spacial score (nSPS) is 12.6. The largest absolute Gasteiger partial charge is 0.453 e. The lowest BCUT2D eigenvalue weighted by Crippen LogP contribution is -2.23. The molecule has 5 heteroatoms.